The lowest BCUT2D eigenvalue weighted by molar-refractivity contribution is -0.152. The summed E-state index contributed by atoms with van der Waals surface area (Å²) in [4.78, 5) is 28.6. The molecule has 0 N–H and O–H groups in total. The van der Waals surface area contributed by atoms with Crippen LogP contribution < -0.4 is 9.80 Å². The molecule has 2 rings (SSSR count). The number of nitriles is 2. The summed E-state index contributed by atoms with van der Waals surface area (Å²) >= 11 is 0. The fourth-order valence-corrected chi connectivity index (χ4v) is 2.90. The Kier molecular flexibility index (Phi) is 9.62. The molecule has 0 spiro atoms. The van der Waals surface area contributed by atoms with Gasteiger partial charge in [0.25, 0.3) is 0 Å². The predicted molar refractivity (Wildman–Crippen MR) is 135 cm³/mol. The summed E-state index contributed by atoms with van der Waals surface area (Å²) in [6.45, 7) is 1.27. The Morgan fingerprint density at radius 2 is 1.20 bits per heavy atom. The second-order valence-corrected chi connectivity index (χ2v) is 8.13. The van der Waals surface area contributed by atoms with Crippen LogP contribution in [0.25, 0.3) is 12.2 Å². The third kappa shape index (κ3) is 8.06. The number of carbonyl (C=O) groups is 2. The van der Waals surface area contributed by atoms with Crippen LogP contribution in [0.2, 0.25) is 0 Å². The Morgan fingerprint density at radius 1 is 0.800 bits per heavy atom. The lowest BCUT2D eigenvalue weighted by Gasteiger charge is -2.14. The molecule has 0 saturated heterocycles. The van der Waals surface area contributed by atoms with E-state index in [2.05, 4.69) is 0 Å². The van der Waals surface area contributed by atoms with Crippen LogP contribution in [0.5, 0.6) is 0 Å². The van der Waals surface area contributed by atoms with Crippen molar-refractivity contribution < 1.29 is 19.1 Å². The Bertz CT molecular complexity index is 1180. The molecule has 0 radical (unpaired) electrons. The first-order valence-corrected chi connectivity index (χ1v) is 10.8. The van der Waals surface area contributed by atoms with Gasteiger partial charge in [-0.15, -0.1) is 0 Å². The topological polar surface area (TPSA) is 107 Å². The molecule has 2 aromatic rings. The van der Waals surface area contributed by atoms with Crippen molar-refractivity contribution in [2.75, 3.05) is 44.6 Å². The van der Waals surface area contributed by atoms with Crippen LogP contribution in [0, 0.1) is 22.7 Å². The summed E-state index contributed by atoms with van der Waals surface area (Å²) in [6, 6.07) is 18.3. The van der Waals surface area contributed by atoms with Crippen LogP contribution in [0.1, 0.15) is 18.1 Å². The highest BCUT2D eigenvalue weighted by Gasteiger charge is 2.18. The molecule has 0 aliphatic rings. The number of nitrogens with zero attached hydrogens (tertiary/aromatic N) is 4. The van der Waals surface area contributed by atoms with E-state index in [0.717, 1.165) is 11.4 Å². The molecule has 2 aromatic carbocycles. The number of anilines is 2. The van der Waals surface area contributed by atoms with Crippen LogP contribution in [-0.2, 0) is 19.1 Å². The maximum absolute atomic E-state index is 12.4. The SMILES string of the molecule is CC(COC(=O)C(C#N)=Cc1ccc(N(C)C)cc1)OC(=O)C(C#N)=Cc1ccc(N(C)C)cc1. The van der Waals surface area contributed by atoms with Crippen molar-refractivity contribution in [3.05, 3.63) is 70.8 Å². The average Bonchev–Trinajstić information content (AvgIpc) is 2.84. The van der Waals surface area contributed by atoms with Gasteiger partial charge in [0.1, 0.15) is 36.0 Å². The molecule has 0 fully saturated rings. The average molecular weight is 473 g/mol. The zero-order valence-corrected chi connectivity index (χ0v) is 20.5. The normalized spacial score (nSPS) is 12.1. The van der Waals surface area contributed by atoms with Gasteiger partial charge in [0.05, 0.1) is 0 Å². The van der Waals surface area contributed by atoms with Gasteiger partial charge in [-0.3, -0.25) is 0 Å². The Balaban J connectivity index is 1.97. The number of hydrogen-bond acceptors (Lipinski definition) is 8. The van der Waals surface area contributed by atoms with Crippen molar-refractivity contribution >= 4 is 35.5 Å². The minimum atomic E-state index is -0.830. The Labute approximate surface area is 205 Å². The first kappa shape index (κ1) is 26.7. The monoisotopic (exact) mass is 472 g/mol. The zero-order valence-electron chi connectivity index (χ0n) is 20.5. The van der Waals surface area contributed by atoms with Gasteiger partial charge in [-0.2, -0.15) is 10.5 Å². The first-order valence-electron chi connectivity index (χ1n) is 10.8. The summed E-state index contributed by atoms with van der Waals surface area (Å²) in [5.41, 5.74) is 2.95. The van der Waals surface area contributed by atoms with Crippen molar-refractivity contribution in [2.45, 2.75) is 13.0 Å². The number of rotatable bonds is 9. The van der Waals surface area contributed by atoms with Crippen molar-refractivity contribution in [3.8, 4) is 12.1 Å². The lowest BCUT2D eigenvalue weighted by atomic mass is 10.1. The van der Waals surface area contributed by atoms with E-state index in [4.69, 9.17) is 9.47 Å². The van der Waals surface area contributed by atoms with E-state index in [1.54, 1.807) is 24.3 Å². The van der Waals surface area contributed by atoms with Gasteiger partial charge in [-0.1, -0.05) is 24.3 Å². The molecule has 0 amide bonds. The largest absolute Gasteiger partial charge is 0.458 e. The Hall–Kier alpha value is -4.56. The van der Waals surface area contributed by atoms with Crippen LogP contribution in [0.4, 0.5) is 11.4 Å². The van der Waals surface area contributed by atoms with Gasteiger partial charge in [0.2, 0.25) is 0 Å². The van der Waals surface area contributed by atoms with E-state index >= 15 is 0 Å². The first-order chi connectivity index (χ1) is 16.6. The van der Waals surface area contributed by atoms with E-state index in [1.807, 2.05) is 74.4 Å². The summed E-state index contributed by atoms with van der Waals surface area (Å²) < 4.78 is 10.4. The van der Waals surface area contributed by atoms with Gasteiger partial charge in [0, 0.05) is 39.6 Å². The zero-order chi connectivity index (χ0) is 26.0. The molecule has 35 heavy (non-hydrogen) atoms. The van der Waals surface area contributed by atoms with Crippen LogP contribution in [-0.4, -0.2) is 52.8 Å². The molecule has 1 unspecified atom stereocenters. The molecule has 8 nitrogen and oxygen atoms in total. The third-order valence-electron chi connectivity index (χ3n) is 4.88. The molecule has 0 heterocycles. The molecule has 0 aromatic heterocycles. The number of ether oxygens (including phenoxy) is 2. The van der Waals surface area contributed by atoms with Crippen molar-refractivity contribution in [1.29, 1.82) is 10.5 Å². The highest BCUT2D eigenvalue weighted by molar-refractivity contribution is 5.98. The van der Waals surface area contributed by atoms with E-state index in [1.165, 1.54) is 19.1 Å². The molecule has 0 aliphatic carbocycles. The minimum absolute atomic E-state index is 0.181. The molecule has 0 saturated carbocycles. The number of benzene rings is 2. The quantitative estimate of drug-likeness (QED) is 0.308. The molecule has 8 heteroatoms. The summed E-state index contributed by atoms with van der Waals surface area (Å²) in [6.07, 6.45) is 2.04. The van der Waals surface area contributed by atoms with Gasteiger partial charge in [-0.05, 0) is 54.5 Å². The molecule has 1 atom stereocenters. The second kappa shape index (κ2) is 12.6. The van der Waals surface area contributed by atoms with E-state index in [9.17, 15) is 20.1 Å². The highest BCUT2D eigenvalue weighted by Crippen LogP contribution is 2.17. The molecular weight excluding hydrogens is 444 g/mol. The maximum atomic E-state index is 12.4. The van der Waals surface area contributed by atoms with Crippen molar-refractivity contribution in [2.24, 2.45) is 0 Å². The van der Waals surface area contributed by atoms with Crippen LogP contribution in [0.15, 0.2) is 59.7 Å². The standard InChI is InChI=1S/C27H28N4O4/c1-19(35-27(33)23(17-29)15-21-8-12-25(13-9-21)31(4)5)18-34-26(32)22(16-28)14-20-6-10-24(11-7-20)30(2)3/h6-15,19H,18H2,1-5H3. The van der Waals surface area contributed by atoms with E-state index in [0.29, 0.717) is 11.1 Å². The minimum Gasteiger partial charge on any atom is -0.458 e. The van der Waals surface area contributed by atoms with Crippen LogP contribution in [0.3, 0.4) is 0 Å². The predicted octanol–water partition coefficient (Wildman–Crippen LogP) is 3.81. The van der Waals surface area contributed by atoms with Gasteiger partial charge >= 0.3 is 11.9 Å². The lowest BCUT2D eigenvalue weighted by Crippen LogP contribution is -2.23. The molecule has 0 aliphatic heterocycles. The van der Waals surface area contributed by atoms with Gasteiger partial charge < -0.3 is 19.3 Å². The third-order valence-corrected chi connectivity index (χ3v) is 4.88. The van der Waals surface area contributed by atoms with E-state index < -0.39 is 18.0 Å². The van der Waals surface area contributed by atoms with Crippen LogP contribution >= 0.6 is 0 Å². The molecule has 180 valence electrons. The molecule has 0 bridgehead atoms. The fourth-order valence-electron chi connectivity index (χ4n) is 2.90. The van der Waals surface area contributed by atoms with Crippen molar-refractivity contribution in [3.63, 3.8) is 0 Å². The van der Waals surface area contributed by atoms with E-state index in [-0.39, 0.29) is 17.8 Å². The summed E-state index contributed by atoms with van der Waals surface area (Å²) in [7, 11) is 7.65. The van der Waals surface area contributed by atoms with Gasteiger partial charge in [0.15, 0.2) is 0 Å². The van der Waals surface area contributed by atoms with Gasteiger partial charge in [-0.25, -0.2) is 9.59 Å². The summed E-state index contributed by atoms with van der Waals surface area (Å²) in [5.74, 6) is -1.66. The fraction of sp³-hybridized carbons (Fsp3) is 0.259. The number of carbonyl (C=O) groups excluding carboxylic acids is 2. The molecular formula is C27H28N4O4. The second-order valence-electron chi connectivity index (χ2n) is 8.13. The maximum Gasteiger partial charge on any atom is 0.349 e. The number of esters is 2. The highest BCUT2D eigenvalue weighted by atomic mass is 16.6. The van der Waals surface area contributed by atoms with Crippen molar-refractivity contribution in [1.82, 2.24) is 0 Å². The Morgan fingerprint density at radius 3 is 1.57 bits per heavy atom. The summed E-state index contributed by atoms with van der Waals surface area (Å²) in [5, 5.41) is 18.7. The smallest absolute Gasteiger partial charge is 0.349 e. The number of hydrogen-bond donors (Lipinski definition) is 0.